The Morgan fingerprint density at radius 1 is 0.923 bits per heavy atom. The van der Waals surface area contributed by atoms with Crippen LogP contribution in [-0.4, -0.2) is 46.9 Å². The summed E-state index contributed by atoms with van der Waals surface area (Å²) >= 11 is 0. The van der Waals surface area contributed by atoms with E-state index in [1.165, 1.54) is 12.0 Å². The van der Waals surface area contributed by atoms with E-state index in [1.807, 2.05) is 41.3 Å². The number of hydrogen-bond acceptors (Lipinski definition) is 4. The first-order valence-electron chi connectivity index (χ1n) is 8.86. The van der Waals surface area contributed by atoms with Gasteiger partial charge in [0.15, 0.2) is 6.39 Å². The highest BCUT2D eigenvalue weighted by atomic mass is 16.3. The largest absolute Gasteiger partial charge is 0.438 e. The topological polar surface area (TPSA) is 49.6 Å². The van der Waals surface area contributed by atoms with Crippen LogP contribution in [0.15, 0.2) is 71.5 Å². The van der Waals surface area contributed by atoms with Crippen LogP contribution >= 0.6 is 0 Å². The second-order valence-electron chi connectivity index (χ2n) is 6.45. The summed E-state index contributed by atoms with van der Waals surface area (Å²) in [6.07, 6.45) is 1.35. The number of carbonyl (C=O) groups excluding carboxylic acids is 1. The highest BCUT2D eigenvalue weighted by Gasteiger charge is 2.27. The molecule has 5 heteroatoms. The summed E-state index contributed by atoms with van der Waals surface area (Å²) < 4.78 is 5.44. The third-order valence-electron chi connectivity index (χ3n) is 4.72. The Bertz CT molecular complexity index is 853. The number of hydrogen-bond donors (Lipinski definition) is 0. The van der Waals surface area contributed by atoms with Crippen molar-refractivity contribution < 1.29 is 9.21 Å². The van der Waals surface area contributed by atoms with Crippen LogP contribution in [-0.2, 0) is 6.54 Å². The summed E-state index contributed by atoms with van der Waals surface area (Å²) in [5, 5.41) is 0. The predicted octanol–water partition coefficient (Wildman–Crippen LogP) is 3.30. The van der Waals surface area contributed by atoms with E-state index in [2.05, 4.69) is 34.1 Å². The van der Waals surface area contributed by atoms with Gasteiger partial charge in [-0.2, -0.15) is 0 Å². The summed E-state index contributed by atoms with van der Waals surface area (Å²) in [4.78, 5) is 21.4. The molecule has 4 rings (SSSR count). The molecular weight excluding hydrogens is 326 g/mol. The molecule has 1 aliphatic rings. The number of carbonyl (C=O) groups is 1. The summed E-state index contributed by atoms with van der Waals surface area (Å²) in [6, 6.07) is 20.1. The van der Waals surface area contributed by atoms with Crippen molar-refractivity contribution in [3.8, 4) is 11.3 Å². The number of oxazole rings is 1. The zero-order chi connectivity index (χ0) is 17.8. The number of rotatable bonds is 4. The first kappa shape index (κ1) is 16.5. The van der Waals surface area contributed by atoms with E-state index >= 15 is 0 Å². The molecule has 0 atom stereocenters. The van der Waals surface area contributed by atoms with E-state index in [9.17, 15) is 4.79 Å². The number of piperazine rings is 1. The van der Waals surface area contributed by atoms with Crippen molar-refractivity contribution in [3.05, 3.63) is 78.4 Å². The molecule has 3 aromatic rings. The maximum Gasteiger partial charge on any atom is 0.292 e. The number of aromatic nitrogens is 1. The van der Waals surface area contributed by atoms with Crippen molar-refractivity contribution in [2.75, 3.05) is 26.2 Å². The van der Waals surface area contributed by atoms with Crippen LogP contribution in [0.1, 0.15) is 16.1 Å². The van der Waals surface area contributed by atoms with E-state index < -0.39 is 0 Å². The molecule has 0 saturated carbocycles. The third kappa shape index (κ3) is 3.53. The van der Waals surface area contributed by atoms with Gasteiger partial charge in [0.2, 0.25) is 5.76 Å². The molecule has 1 aromatic heterocycles. The van der Waals surface area contributed by atoms with Crippen molar-refractivity contribution in [2.24, 2.45) is 0 Å². The van der Waals surface area contributed by atoms with Gasteiger partial charge in [-0.3, -0.25) is 9.69 Å². The molecule has 1 fully saturated rings. The highest BCUT2D eigenvalue weighted by molar-refractivity contribution is 5.97. The minimum Gasteiger partial charge on any atom is -0.438 e. The average molecular weight is 347 g/mol. The molecule has 26 heavy (non-hydrogen) atoms. The Morgan fingerprint density at radius 3 is 2.27 bits per heavy atom. The molecule has 132 valence electrons. The first-order valence-corrected chi connectivity index (χ1v) is 8.86. The molecular formula is C21H21N3O2. The molecule has 0 radical (unpaired) electrons. The maximum absolute atomic E-state index is 12.9. The molecule has 5 nitrogen and oxygen atoms in total. The summed E-state index contributed by atoms with van der Waals surface area (Å²) in [6.45, 7) is 4.02. The van der Waals surface area contributed by atoms with Gasteiger partial charge < -0.3 is 9.32 Å². The van der Waals surface area contributed by atoms with E-state index in [-0.39, 0.29) is 5.91 Å². The van der Waals surface area contributed by atoms with E-state index in [0.29, 0.717) is 24.5 Å². The van der Waals surface area contributed by atoms with Crippen LogP contribution in [0.2, 0.25) is 0 Å². The normalized spacial score (nSPS) is 15.2. The smallest absolute Gasteiger partial charge is 0.292 e. The molecule has 0 spiro atoms. The fourth-order valence-corrected chi connectivity index (χ4v) is 3.29. The van der Waals surface area contributed by atoms with Gasteiger partial charge in [0.25, 0.3) is 5.91 Å². The van der Waals surface area contributed by atoms with Crippen LogP contribution in [0.5, 0.6) is 0 Å². The van der Waals surface area contributed by atoms with Gasteiger partial charge in [0.1, 0.15) is 5.69 Å². The minimum atomic E-state index is -0.0827. The van der Waals surface area contributed by atoms with Crippen LogP contribution < -0.4 is 0 Å². The Kier molecular flexibility index (Phi) is 4.80. The van der Waals surface area contributed by atoms with Gasteiger partial charge in [-0.05, 0) is 5.56 Å². The van der Waals surface area contributed by atoms with Crippen molar-refractivity contribution in [1.29, 1.82) is 0 Å². The lowest BCUT2D eigenvalue weighted by Gasteiger charge is -2.34. The molecule has 0 bridgehead atoms. The maximum atomic E-state index is 12.9. The highest BCUT2D eigenvalue weighted by Crippen LogP contribution is 2.23. The average Bonchev–Trinajstić information content (AvgIpc) is 3.19. The molecule has 2 heterocycles. The van der Waals surface area contributed by atoms with Gasteiger partial charge in [0.05, 0.1) is 0 Å². The number of benzene rings is 2. The Hall–Kier alpha value is -2.92. The molecule has 1 amide bonds. The fraction of sp³-hybridized carbons (Fsp3) is 0.238. The third-order valence-corrected chi connectivity index (χ3v) is 4.72. The predicted molar refractivity (Wildman–Crippen MR) is 99.6 cm³/mol. The standard InChI is InChI=1S/C21H21N3O2/c25-21(20-19(22-16-26-20)18-9-5-2-6-10-18)24-13-11-23(12-14-24)15-17-7-3-1-4-8-17/h1-10,16H,11-15H2. The van der Waals surface area contributed by atoms with Gasteiger partial charge in [0, 0.05) is 38.3 Å². The van der Waals surface area contributed by atoms with Crippen LogP contribution in [0, 0.1) is 0 Å². The van der Waals surface area contributed by atoms with Crippen LogP contribution in [0.4, 0.5) is 0 Å². The minimum absolute atomic E-state index is 0.0827. The molecule has 0 unspecified atom stereocenters. The molecule has 1 aliphatic heterocycles. The van der Waals surface area contributed by atoms with E-state index in [0.717, 1.165) is 25.2 Å². The van der Waals surface area contributed by atoms with E-state index in [1.54, 1.807) is 0 Å². The zero-order valence-electron chi connectivity index (χ0n) is 14.5. The summed E-state index contributed by atoms with van der Waals surface area (Å²) in [5.74, 6) is 0.244. The lowest BCUT2D eigenvalue weighted by molar-refractivity contribution is 0.0599. The van der Waals surface area contributed by atoms with Gasteiger partial charge in [-0.1, -0.05) is 60.7 Å². The van der Waals surface area contributed by atoms with Crippen molar-refractivity contribution in [1.82, 2.24) is 14.8 Å². The SMILES string of the molecule is O=C(c1ocnc1-c1ccccc1)N1CCN(Cc2ccccc2)CC1. The zero-order valence-corrected chi connectivity index (χ0v) is 14.5. The summed E-state index contributed by atoms with van der Waals surface area (Å²) in [5.41, 5.74) is 2.81. The van der Waals surface area contributed by atoms with Gasteiger partial charge in [-0.25, -0.2) is 4.98 Å². The molecule has 0 aliphatic carbocycles. The van der Waals surface area contributed by atoms with Crippen molar-refractivity contribution in [3.63, 3.8) is 0 Å². The van der Waals surface area contributed by atoms with Crippen molar-refractivity contribution >= 4 is 5.91 Å². The Labute approximate surface area is 152 Å². The Morgan fingerprint density at radius 2 is 1.58 bits per heavy atom. The van der Waals surface area contributed by atoms with E-state index in [4.69, 9.17) is 4.42 Å². The van der Waals surface area contributed by atoms with Crippen LogP contribution in [0.25, 0.3) is 11.3 Å². The first-order chi connectivity index (χ1) is 12.8. The molecule has 0 N–H and O–H groups in total. The lowest BCUT2D eigenvalue weighted by atomic mass is 10.1. The molecule has 2 aromatic carbocycles. The summed E-state index contributed by atoms with van der Waals surface area (Å²) in [7, 11) is 0. The lowest BCUT2D eigenvalue weighted by Crippen LogP contribution is -2.48. The Balaban J connectivity index is 1.41. The van der Waals surface area contributed by atoms with Crippen molar-refractivity contribution in [2.45, 2.75) is 6.54 Å². The van der Waals surface area contributed by atoms with Gasteiger partial charge in [-0.15, -0.1) is 0 Å². The fourth-order valence-electron chi connectivity index (χ4n) is 3.29. The number of amides is 1. The second kappa shape index (κ2) is 7.54. The quantitative estimate of drug-likeness (QED) is 0.727. The monoisotopic (exact) mass is 347 g/mol. The second-order valence-corrected chi connectivity index (χ2v) is 6.45. The van der Waals surface area contributed by atoms with Crippen LogP contribution in [0.3, 0.4) is 0 Å². The number of nitrogens with zero attached hydrogens (tertiary/aromatic N) is 3. The van der Waals surface area contributed by atoms with Gasteiger partial charge >= 0.3 is 0 Å². The molecule has 1 saturated heterocycles.